The second-order valence-corrected chi connectivity index (χ2v) is 5.06. The van der Waals surface area contributed by atoms with E-state index in [1.165, 1.54) is 0 Å². The van der Waals surface area contributed by atoms with E-state index in [1.807, 2.05) is 31.2 Å². The van der Waals surface area contributed by atoms with Crippen LogP contribution in [0.2, 0.25) is 0 Å². The Kier molecular flexibility index (Phi) is 6.56. The predicted octanol–water partition coefficient (Wildman–Crippen LogP) is 2.97. The van der Waals surface area contributed by atoms with E-state index in [4.69, 9.17) is 4.74 Å². The molecule has 1 N–H and O–H groups in total. The van der Waals surface area contributed by atoms with Crippen molar-refractivity contribution in [3.8, 4) is 0 Å². The lowest BCUT2D eigenvalue weighted by atomic mass is 10.1. The smallest absolute Gasteiger partial charge is 0.306 e. The Bertz CT molecular complexity index is 448. The van der Waals surface area contributed by atoms with Crippen molar-refractivity contribution in [3.63, 3.8) is 0 Å². The van der Waals surface area contributed by atoms with E-state index in [9.17, 15) is 9.59 Å². The lowest BCUT2D eigenvalue weighted by molar-refractivity contribution is -0.144. The Morgan fingerprint density at radius 3 is 2.74 bits per heavy atom. The van der Waals surface area contributed by atoms with Gasteiger partial charge in [-0.3, -0.25) is 9.59 Å². The number of hydrogen-bond acceptors (Lipinski definition) is 3. The molecule has 0 aromatic heterocycles. The van der Waals surface area contributed by atoms with Gasteiger partial charge in [0.15, 0.2) is 0 Å². The number of amides is 1. The first-order valence-corrected chi connectivity index (χ1v) is 7.02. The molecule has 5 heteroatoms. The molecule has 0 fully saturated rings. The molecule has 0 radical (unpaired) electrons. The second kappa shape index (κ2) is 7.94. The molecule has 4 nitrogen and oxygen atoms in total. The van der Waals surface area contributed by atoms with Crippen molar-refractivity contribution < 1.29 is 14.3 Å². The third kappa shape index (κ3) is 5.87. The summed E-state index contributed by atoms with van der Waals surface area (Å²) in [4.78, 5) is 22.8. The van der Waals surface area contributed by atoms with Crippen LogP contribution in [0.5, 0.6) is 0 Å². The van der Waals surface area contributed by atoms with Crippen molar-refractivity contribution >= 4 is 27.8 Å². The highest BCUT2D eigenvalue weighted by Crippen LogP contribution is 2.17. The minimum atomic E-state index is -0.340. The van der Waals surface area contributed by atoms with Crippen molar-refractivity contribution in [3.05, 3.63) is 34.3 Å². The molecule has 1 rings (SSSR count). The molecule has 1 atom stereocenters. The van der Waals surface area contributed by atoms with Crippen molar-refractivity contribution in [1.29, 1.82) is 0 Å². The van der Waals surface area contributed by atoms with Crippen molar-refractivity contribution in [2.24, 2.45) is 0 Å². The molecule has 1 aromatic rings. The maximum Gasteiger partial charge on any atom is 0.306 e. The second-order valence-electron chi connectivity index (χ2n) is 4.15. The SMILES string of the molecule is CCOC(=O)CCC(=O)N[C@@H](C)c1cccc(Br)c1. The maximum absolute atomic E-state index is 11.7. The van der Waals surface area contributed by atoms with Crippen LogP contribution in [-0.2, 0) is 14.3 Å². The predicted molar refractivity (Wildman–Crippen MR) is 76.6 cm³/mol. The standard InChI is InChI=1S/C14H18BrNO3/c1-3-19-14(18)8-7-13(17)16-10(2)11-5-4-6-12(15)9-11/h4-6,9-10H,3,7-8H2,1-2H3,(H,16,17)/t10-/m0/s1. The minimum absolute atomic E-state index is 0.0906. The first-order valence-electron chi connectivity index (χ1n) is 6.23. The van der Waals surface area contributed by atoms with Gasteiger partial charge >= 0.3 is 5.97 Å². The number of carbonyl (C=O) groups is 2. The average molecular weight is 328 g/mol. The molecule has 0 heterocycles. The lowest BCUT2D eigenvalue weighted by Gasteiger charge is -2.14. The minimum Gasteiger partial charge on any atom is -0.466 e. The zero-order valence-electron chi connectivity index (χ0n) is 11.1. The number of esters is 1. The Balaban J connectivity index is 2.42. The van der Waals surface area contributed by atoms with Gasteiger partial charge in [-0.15, -0.1) is 0 Å². The molecule has 104 valence electrons. The summed E-state index contributed by atoms with van der Waals surface area (Å²) in [5.41, 5.74) is 1.01. The fraction of sp³-hybridized carbons (Fsp3) is 0.429. The number of hydrogen-bond donors (Lipinski definition) is 1. The molecule has 0 spiro atoms. The molecule has 0 saturated heterocycles. The van der Waals surface area contributed by atoms with E-state index in [2.05, 4.69) is 21.2 Å². The van der Waals surface area contributed by atoms with Crippen molar-refractivity contribution in [2.75, 3.05) is 6.61 Å². The molecule has 1 aromatic carbocycles. The average Bonchev–Trinajstić information content (AvgIpc) is 2.36. The first kappa shape index (κ1) is 15.7. The highest BCUT2D eigenvalue weighted by Gasteiger charge is 2.11. The van der Waals surface area contributed by atoms with E-state index in [0.717, 1.165) is 10.0 Å². The third-order valence-corrected chi connectivity index (χ3v) is 3.08. The number of benzene rings is 1. The lowest BCUT2D eigenvalue weighted by Crippen LogP contribution is -2.27. The number of halogens is 1. The number of rotatable bonds is 6. The Hall–Kier alpha value is -1.36. The van der Waals surface area contributed by atoms with E-state index in [1.54, 1.807) is 6.92 Å². The van der Waals surface area contributed by atoms with Crippen LogP contribution in [0.15, 0.2) is 28.7 Å². The molecule has 0 aliphatic carbocycles. The maximum atomic E-state index is 11.7. The van der Waals surface area contributed by atoms with Gasteiger partial charge in [-0.1, -0.05) is 28.1 Å². The summed E-state index contributed by atoms with van der Waals surface area (Å²) in [6, 6.07) is 7.66. The van der Waals surface area contributed by atoms with E-state index in [0.29, 0.717) is 6.61 Å². The van der Waals surface area contributed by atoms with Crippen LogP contribution in [0.25, 0.3) is 0 Å². The third-order valence-electron chi connectivity index (χ3n) is 2.59. The van der Waals surface area contributed by atoms with Crippen LogP contribution < -0.4 is 5.32 Å². The topological polar surface area (TPSA) is 55.4 Å². The van der Waals surface area contributed by atoms with Crippen LogP contribution in [0, 0.1) is 0 Å². The summed E-state index contributed by atoms with van der Waals surface area (Å²) in [7, 11) is 0. The van der Waals surface area contributed by atoms with Gasteiger partial charge in [0, 0.05) is 10.9 Å². The van der Waals surface area contributed by atoms with Gasteiger partial charge in [-0.2, -0.15) is 0 Å². The zero-order valence-corrected chi connectivity index (χ0v) is 12.7. The zero-order chi connectivity index (χ0) is 14.3. The molecule has 0 aliphatic rings. The van der Waals surface area contributed by atoms with Crippen LogP contribution >= 0.6 is 15.9 Å². The molecule has 0 bridgehead atoms. The highest BCUT2D eigenvalue weighted by atomic mass is 79.9. The Labute approximate surface area is 121 Å². The number of ether oxygens (including phenoxy) is 1. The summed E-state index contributed by atoms with van der Waals surface area (Å²) < 4.78 is 5.74. The van der Waals surface area contributed by atoms with Gasteiger partial charge < -0.3 is 10.1 Å². The molecular weight excluding hydrogens is 310 g/mol. The molecule has 0 saturated carbocycles. The molecule has 0 aliphatic heterocycles. The van der Waals surface area contributed by atoms with Gasteiger partial charge in [0.05, 0.1) is 19.1 Å². The van der Waals surface area contributed by atoms with E-state index >= 15 is 0 Å². The molecule has 0 unspecified atom stereocenters. The summed E-state index contributed by atoms with van der Waals surface area (Å²) in [6.07, 6.45) is 0.266. The fourth-order valence-electron chi connectivity index (χ4n) is 1.62. The number of carbonyl (C=O) groups excluding carboxylic acids is 2. The summed E-state index contributed by atoms with van der Waals surface area (Å²) >= 11 is 3.39. The molecule has 19 heavy (non-hydrogen) atoms. The Morgan fingerprint density at radius 2 is 2.11 bits per heavy atom. The summed E-state index contributed by atoms with van der Waals surface area (Å²) in [6.45, 7) is 3.99. The fourth-order valence-corrected chi connectivity index (χ4v) is 2.04. The highest BCUT2D eigenvalue weighted by molar-refractivity contribution is 9.10. The Morgan fingerprint density at radius 1 is 1.37 bits per heavy atom. The monoisotopic (exact) mass is 327 g/mol. The summed E-state index contributed by atoms with van der Waals surface area (Å²) in [5, 5.41) is 2.85. The van der Waals surface area contributed by atoms with Crippen LogP contribution in [0.4, 0.5) is 0 Å². The van der Waals surface area contributed by atoms with Crippen LogP contribution in [0.3, 0.4) is 0 Å². The van der Waals surface area contributed by atoms with Crippen molar-refractivity contribution in [1.82, 2.24) is 5.32 Å². The van der Waals surface area contributed by atoms with Crippen LogP contribution in [0.1, 0.15) is 38.3 Å². The van der Waals surface area contributed by atoms with Gasteiger partial charge in [0.1, 0.15) is 0 Å². The normalized spacial score (nSPS) is 11.7. The molecule has 1 amide bonds. The first-order chi connectivity index (χ1) is 9.02. The van der Waals surface area contributed by atoms with Gasteiger partial charge in [-0.25, -0.2) is 0 Å². The van der Waals surface area contributed by atoms with Gasteiger partial charge in [-0.05, 0) is 31.5 Å². The van der Waals surface area contributed by atoms with E-state index in [-0.39, 0.29) is 30.8 Å². The largest absolute Gasteiger partial charge is 0.466 e. The van der Waals surface area contributed by atoms with Crippen molar-refractivity contribution in [2.45, 2.75) is 32.7 Å². The van der Waals surface area contributed by atoms with Crippen LogP contribution in [-0.4, -0.2) is 18.5 Å². The summed E-state index contributed by atoms with van der Waals surface area (Å²) in [5.74, 6) is -0.492. The van der Waals surface area contributed by atoms with Gasteiger partial charge in [0.2, 0.25) is 5.91 Å². The quantitative estimate of drug-likeness (QED) is 0.817. The van der Waals surface area contributed by atoms with Gasteiger partial charge in [0.25, 0.3) is 0 Å². The molecular formula is C14H18BrNO3. The van der Waals surface area contributed by atoms with E-state index < -0.39 is 0 Å². The number of nitrogens with one attached hydrogen (secondary N) is 1.